The minimum absolute atomic E-state index is 0.123. The third-order valence-corrected chi connectivity index (χ3v) is 2.65. The second-order valence-electron chi connectivity index (χ2n) is 4.65. The molecule has 0 bridgehead atoms. The second-order valence-corrected chi connectivity index (χ2v) is 4.65. The van der Waals surface area contributed by atoms with Gasteiger partial charge in [0.1, 0.15) is 0 Å². The average Bonchev–Trinajstić information content (AvgIpc) is 2.54. The van der Waals surface area contributed by atoms with Crippen LogP contribution in [0.3, 0.4) is 0 Å². The molecule has 0 aromatic rings. The fourth-order valence-corrected chi connectivity index (χ4v) is 1.46. The van der Waals surface area contributed by atoms with Crippen molar-refractivity contribution in [1.82, 2.24) is 0 Å². The van der Waals surface area contributed by atoms with E-state index in [1.54, 1.807) is 14.2 Å². The summed E-state index contributed by atoms with van der Waals surface area (Å²) in [6.07, 6.45) is 2.05. The molecule has 0 saturated carbocycles. The molecule has 0 aliphatic carbocycles. The highest BCUT2D eigenvalue weighted by Gasteiger charge is 2.05. The van der Waals surface area contributed by atoms with E-state index in [4.69, 9.17) is 28.4 Å². The van der Waals surface area contributed by atoms with Crippen molar-refractivity contribution in [3.8, 4) is 0 Å². The predicted molar refractivity (Wildman–Crippen MR) is 81.4 cm³/mol. The molecular weight excluding hydrogens is 308 g/mol. The van der Waals surface area contributed by atoms with Gasteiger partial charge in [0.2, 0.25) is 0 Å². The van der Waals surface area contributed by atoms with Gasteiger partial charge in [-0.3, -0.25) is 0 Å². The summed E-state index contributed by atoms with van der Waals surface area (Å²) in [5.74, 6) is 0. The molecular formula is C15H28O8. The molecule has 0 saturated heterocycles. The van der Waals surface area contributed by atoms with Crippen molar-refractivity contribution in [3.63, 3.8) is 0 Å². The number of unbranched alkanes of at least 4 members (excludes halogenated alkanes) is 2. The summed E-state index contributed by atoms with van der Waals surface area (Å²) in [5.41, 5.74) is 0. The molecule has 0 heterocycles. The highest BCUT2D eigenvalue weighted by Crippen LogP contribution is 1.96. The van der Waals surface area contributed by atoms with Crippen molar-refractivity contribution < 1.29 is 38.0 Å². The largest absolute Gasteiger partial charge is 0.508 e. The first-order valence-electron chi connectivity index (χ1n) is 7.77. The molecule has 136 valence electrons. The van der Waals surface area contributed by atoms with Crippen LogP contribution in [0, 0.1) is 0 Å². The first kappa shape index (κ1) is 21.5. The Morgan fingerprint density at radius 3 is 1.17 bits per heavy atom. The molecule has 0 rings (SSSR count). The summed E-state index contributed by atoms with van der Waals surface area (Å²) in [5, 5.41) is 0. The summed E-state index contributed by atoms with van der Waals surface area (Å²) < 4.78 is 29.1. The summed E-state index contributed by atoms with van der Waals surface area (Å²) >= 11 is 0. The highest BCUT2D eigenvalue weighted by atomic mass is 16.7. The zero-order valence-corrected chi connectivity index (χ0v) is 14.0. The lowest BCUT2D eigenvalue weighted by Gasteiger charge is -2.07. The van der Waals surface area contributed by atoms with Crippen molar-refractivity contribution in [3.05, 3.63) is 0 Å². The Morgan fingerprint density at radius 2 is 0.826 bits per heavy atom. The van der Waals surface area contributed by atoms with Crippen LogP contribution in [0.4, 0.5) is 9.59 Å². The molecule has 0 atom stereocenters. The van der Waals surface area contributed by atoms with Crippen LogP contribution >= 0.6 is 0 Å². The van der Waals surface area contributed by atoms with Crippen molar-refractivity contribution >= 4 is 12.3 Å². The van der Waals surface area contributed by atoms with E-state index in [0.29, 0.717) is 32.8 Å². The van der Waals surface area contributed by atoms with Gasteiger partial charge in [-0.15, -0.1) is 0 Å². The molecule has 8 nitrogen and oxygen atoms in total. The smallest absolute Gasteiger partial charge is 0.434 e. The maximum atomic E-state index is 11.2. The molecule has 0 aliphatic heterocycles. The highest BCUT2D eigenvalue weighted by molar-refractivity contribution is 5.60. The maximum absolute atomic E-state index is 11.2. The molecule has 0 unspecified atom stereocenters. The Kier molecular flexibility index (Phi) is 15.7. The Bertz CT molecular complexity index is 267. The van der Waals surface area contributed by atoms with E-state index < -0.39 is 12.3 Å². The van der Waals surface area contributed by atoms with Gasteiger partial charge in [0.25, 0.3) is 0 Å². The first-order valence-corrected chi connectivity index (χ1v) is 7.77. The standard InChI is InChI=1S/C15H28O8/c1-18-8-3-5-10-20-14(16)22-12-7-13-23-15(17)21-11-6-4-9-19-2/h3-13H2,1-2H3. The van der Waals surface area contributed by atoms with Gasteiger partial charge in [-0.2, -0.15) is 0 Å². The van der Waals surface area contributed by atoms with Crippen molar-refractivity contribution in [2.45, 2.75) is 32.1 Å². The average molecular weight is 336 g/mol. The lowest BCUT2D eigenvalue weighted by atomic mass is 10.3. The Balaban J connectivity index is 3.30. The third kappa shape index (κ3) is 16.7. The van der Waals surface area contributed by atoms with E-state index in [1.165, 1.54) is 0 Å². The number of ether oxygens (including phenoxy) is 6. The van der Waals surface area contributed by atoms with Crippen molar-refractivity contribution in [1.29, 1.82) is 0 Å². The lowest BCUT2D eigenvalue weighted by molar-refractivity contribution is 0.0348. The fraction of sp³-hybridized carbons (Fsp3) is 0.867. The van der Waals surface area contributed by atoms with Crippen LogP contribution in [0.25, 0.3) is 0 Å². The molecule has 0 fully saturated rings. The van der Waals surface area contributed by atoms with Gasteiger partial charge in [0.15, 0.2) is 0 Å². The van der Waals surface area contributed by atoms with Crippen LogP contribution in [-0.2, 0) is 28.4 Å². The van der Waals surface area contributed by atoms with Crippen molar-refractivity contribution in [2.24, 2.45) is 0 Å². The molecule has 0 spiro atoms. The van der Waals surface area contributed by atoms with Gasteiger partial charge >= 0.3 is 12.3 Å². The van der Waals surface area contributed by atoms with Crippen LogP contribution < -0.4 is 0 Å². The second kappa shape index (κ2) is 16.8. The number of rotatable bonds is 14. The number of methoxy groups -OCH3 is 2. The molecule has 8 heteroatoms. The number of carbonyl (C=O) groups excluding carboxylic acids is 2. The summed E-state index contributed by atoms with van der Waals surface area (Å²) in [6, 6.07) is 0. The zero-order chi connectivity index (χ0) is 17.2. The van der Waals surface area contributed by atoms with Crippen LogP contribution in [0.5, 0.6) is 0 Å². The summed E-state index contributed by atoms with van der Waals surface area (Å²) in [6.45, 7) is 2.12. The van der Waals surface area contributed by atoms with E-state index >= 15 is 0 Å². The van der Waals surface area contributed by atoms with Gasteiger partial charge in [-0.25, -0.2) is 9.59 Å². The number of hydrogen-bond donors (Lipinski definition) is 0. The first-order chi connectivity index (χ1) is 11.2. The monoisotopic (exact) mass is 336 g/mol. The van der Waals surface area contributed by atoms with Gasteiger partial charge in [0.05, 0.1) is 26.4 Å². The van der Waals surface area contributed by atoms with E-state index in [0.717, 1.165) is 25.7 Å². The molecule has 0 N–H and O–H groups in total. The minimum Gasteiger partial charge on any atom is -0.434 e. The number of hydrogen-bond acceptors (Lipinski definition) is 8. The Labute approximate surface area is 137 Å². The molecule has 0 amide bonds. The van der Waals surface area contributed by atoms with E-state index in [9.17, 15) is 9.59 Å². The predicted octanol–water partition coefficient (Wildman–Crippen LogP) is 2.54. The van der Waals surface area contributed by atoms with Gasteiger partial charge in [-0.1, -0.05) is 0 Å². The summed E-state index contributed by atoms with van der Waals surface area (Å²) in [4.78, 5) is 22.4. The molecule has 0 aromatic carbocycles. The van der Waals surface area contributed by atoms with Crippen LogP contribution in [0.2, 0.25) is 0 Å². The summed E-state index contributed by atoms with van der Waals surface area (Å²) in [7, 11) is 3.24. The zero-order valence-electron chi connectivity index (χ0n) is 14.0. The third-order valence-electron chi connectivity index (χ3n) is 2.65. The van der Waals surface area contributed by atoms with E-state index in [2.05, 4.69) is 0 Å². The van der Waals surface area contributed by atoms with Crippen LogP contribution in [0.1, 0.15) is 32.1 Å². The topological polar surface area (TPSA) is 89.5 Å². The molecule has 0 radical (unpaired) electrons. The van der Waals surface area contributed by atoms with Crippen LogP contribution in [-0.4, -0.2) is 66.2 Å². The Hall–Kier alpha value is -1.54. The van der Waals surface area contributed by atoms with E-state index in [1.807, 2.05) is 0 Å². The van der Waals surface area contributed by atoms with Crippen molar-refractivity contribution in [2.75, 3.05) is 53.9 Å². The fourth-order valence-electron chi connectivity index (χ4n) is 1.46. The maximum Gasteiger partial charge on any atom is 0.508 e. The quantitative estimate of drug-likeness (QED) is 0.353. The Morgan fingerprint density at radius 1 is 0.522 bits per heavy atom. The minimum atomic E-state index is -0.719. The molecule has 0 aliphatic rings. The van der Waals surface area contributed by atoms with Gasteiger partial charge < -0.3 is 28.4 Å². The van der Waals surface area contributed by atoms with Gasteiger partial charge in [-0.05, 0) is 25.7 Å². The SMILES string of the molecule is COCCCCOC(=O)OCCCOC(=O)OCCCCOC. The normalized spacial score (nSPS) is 10.2. The lowest BCUT2D eigenvalue weighted by Crippen LogP contribution is -2.13. The molecule has 0 aromatic heterocycles. The van der Waals surface area contributed by atoms with E-state index in [-0.39, 0.29) is 13.2 Å². The van der Waals surface area contributed by atoms with Crippen LogP contribution in [0.15, 0.2) is 0 Å². The molecule has 23 heavy (non-hydrogen) atoms. The number of carbonyl (C=O) groups is 2. The van der Waals surface area contributed by atoms with Gasteiger partial charge in [0, 0.05) is 33.9 Å².